The van der Waals surface area contributed by atoms with Gasteiger partial charge in [-0.15, -0.1) is 0 Å². The van der Waals surface area contributed by atoms with Crippen molar-refractivity contribution < 1.29 is 9.13 Å². The number of hydrogen-bond donors (Lipinski definition) is 0. The molecule has 1 rings (SSSR count). The maximum Gasteiger partial charge on any atom is 0.135 e. The monoisotopic (exact) mass is 273 g/mol. The quantitative estimate of drug-likeness (QED) is 0.540. The minimum absolute atomic E-state index is 0.369. The minimum Gasteiger partial charge on any atom is -0.493 e. The van der Waals surface area contributed by atoms with Gasteiger partial charge in [0.25, 0.3) is 0 Å². The first kappa shape index (κ1) is 12.5. The molecule has 0 N–H and O–H groups in total. The lowest BCUT2D eigenvalue weighted by Gasteiger charge is -2.05. The highest BCUT2D eigenvalue weighted by atomic mass is 79.9. The molecule has 1 aromatic carbocycles. The van der Waals surface area contributed by atoms with Crippen molar-refractivity contribution in [3.05, 3.63) is 30.1 Å². The van der Waals surface area contributed by atoms with Crippen LogP contribution in [0.15, 0.2) is 18.2 Å². The zero-order chi connectivity index (χ0) is 10.9. The lowest BCUT2D eigenvalue weighted by molar-refractivity contribution is 0.303. The highest BCUT2D eigenvalue weighted by Crippen LogP contribution is 2.11. The Morgan fingerprint density at radius 1 is 1.20 bits per heavy atom. The van der Waals surface area contributed by atoms with Crippen LogP contribution in [0.2, 0.25) is 0 Å². The molecule has 0 aromatic heterocycles. The average molecular weight is 274 g/mol. The van der Waals surface area contributed by atoms with Crippen LogP contribution in [-0.2, 0) is 0 Å². The fraction of sp³-hybridized carbons (Fsp3) is 0.500. The van der Waals surface area contributed by atoms with Gasteiger partial charge in [-0.25, -0.2) is 4.39 Å². The molecule has 0 aliphatic heterocycles. The number of rotatable bonds is 7. The highest BCUT2D eigenvalue weighted by molar-refractivity contribution is 9.09. The van der Waals surface area contributed by atoms with Crippen LogP contribution in [0.3, 0.4) is 0 Å². The predicted molar refractivity (Wildman–Crippen MR) is 63.0 cm³/mol. The maximum absolute atomic E-state index is 12.7. The summed E-state index contributed by atoms with van der Waals surface area (Å²) in [5.41, 5.74) is 0. The first-order valence-corrected chi connectivity index (χ1v) is 6.31. The number of halogens is 2. The highest BCUT2D eigenvalue weighted by Gasteiger charge is 1.96. The fourth-order valence-electron chi connectivity index (χ4n) is 1.24. The van der Waals surface area contributed by atoms with Gasteiger partial charge >= 0.3 is 0 Å². The van der Waals surface area contributed by atoms with Gasteiger partial charge < -0.3 is 4.74 Å². The maximum atomic E-state index is 12.7. The van der Waals surface area contributed by atoms with Crippen LogP contribution in [-0.4, -0.2) is 11.9 Å². The molecule has 1 aromatic rings. The number of hydrogen-bond acceptors (Lipinski definition) is 1. The lowest BCUT2D eigenvalue weighted by atomic mass is 10.2. The molecule has 0 spiro atoms. The summed E-state index contributed by atoms with van der Waals surface area (Å²) in [6.45, 7) is 0.641. The summed E-state index contributed by atoms with van der Waals surface area (Å²) in [4.78, 5) is 0. The molecule has 0 heterocycles. The normalized spacial score (nSPS) is 10.3. The number of ether oxygens (including phenoxy) is 1. The van der Waals surface area contributed by atoms with Crippen molar-refractivity contribution in [3.63, 3.8) is 0 Å². The molecule has 0 saturated carbocycles. The van der Waals surface area contributed by atoms with E-state index in [9.17, 15) is 4.39 Å². The Labute approximate surface area is 98.8 Å². The number of unbranched alkanes of at least 4 members (excludes halogenated alkanes) is 3. The average Bonchev–Trinajstić information content (AvgIpc) is 2.23. The molecule has 83 valence electrons. The second kappa shape index (κ2) is 7.69. The Kier molecular flexibility index (Phi) is 6.41. The van der Waals surface area contributed by atoms with E-state index < -0.39 is 0 Å². The van der Waals surface area contributed by atoms with Crippen molar-refractivity contribution in [2.24, 2.45) is 0 Å². The number of alkyl halides is 1. The molecule has 0 amide bonds. The van der Waals surface area contributed by atoms with Crippen molar-refractivity contribution in [1.82, 2.24) is 0 Å². The van der Waals surface area contributed by atoms with Crippen LogP contribution in [0, 0.1) is 11.9 Å². The van der Waals surface area contributed by atoms with E-state index >= 15 is 0 Å². The Hall–Kier alpha value is -0.570. The molecule has 0 aliphatic rings. The number of benzene rings is 1. The van der Waals surface area contributed by atoms with E-state index in [1.165, 1.54) is 18.9 Å². The van der Waals surface area contributed by atoms with Crippen molar-refractivity contribution in [2.45, 2.75) is 25.7 Å². The first-order valence-electron chi connectivity index (χ1n) is 5.19. The fourth-order valence-corrected chi connectivity index (χ4v) is 1.63. The Balaban J connectivity index is 2.10. The standard InChI is InChI=1S/C12H15BrFO/c13-8-3-1-2-4-9-15-12-7-5-6-11(14)10-12/h5-7H,1-4,8-9H2. The smallest absolute Gasteiger partial charge is 0.135 e. The van der Waals surface area contributed by atoms with E-state index in [4.69, 9.17) is 4.74 Å². The Morgan fingerprint density at radius 3 is 2.73 bits per heavy atom. The summed E-state index contributed by atoms with van der Waals surface area (Å²) in [5.74, 6) is 0.127. The van der Waals surface area contributed by atoms with Crippen LogP contribution in [0.5, 0.6) is 5.75 Å². The van der Waals surface area contributed by atoms with E-state index in [0.29, 0.717) is 12.4 Å². The van der Waals surface area contributed by atoms with Crippen molar-refractivity contribution >= 4 is 15.9 Å². The van der Waals surface area contributed by atoms with Gasteiger partial charge in [0.1, 0.15) is 11.6 Å². The Bertz CT molecular complexity index is 278. The molecule has 15 heavy (non-hydrogen) atoms. The van der Waals surface area contributed by atoms with E-state index in [0.717, 1.165) is 18.2 Å². The molecular formula is C12H15BrFO. The Morgan fingerprint density at radius 2 is 2.00 bits per heavy atom. The van der Waals surface area contributed by atoms with Gasteiger partial charge in [0, 0.05) is 5.33 Å². The molecule has 0 aliphatic carbocycles. The zero-order valence-electron chi connectivity index (χ0n) is 8.64. The van der Waals surface area contributed by atoms with E-state index in [1.807, 2.05) is 0 Å². The van der Waals surface area contributed by atoms with Gasteiger partial charge in [-0.05, 0) is 25.0 Å². The van der Waals surface area contributed by atoms with Crippen LogP contribution < -0.4 is 4.74 Å². The van der Waals surface area contributed by atoms with Crippen LogP contribution >= 0.6 is 15.9 Å². The van der Waals surface area contributed by atoms with Gasteiger partial charge in [-0.3, -0.25) is 0 Å². The summed E-state index contributed by atoms with van der Waals surface area (Å²) in [6.07, 6.45) is 4.58. The van der Waals surface area contributed by atoms with E-state index in [2.05, 4.69) is 22.0 Å². The van der Waals surface area contributed by atoms with Crippen molar-refractivity contribution in [1.29, 1.82) is 0 Å². The summed E-state index contributed by atoms with van der Waals surface area (Å²) in [7, 11) is 0. The molecular weight excluding hydrogens is 259 g/mol. The van der Waals surface area contributed by atoms with Gasteiger partial charge in [0.05, 0.1) is 12.7 Å². The molecule has 3 heteroatoms. The topological polar surface area (TPSA) is 9.23 Å². The van der Waals surface area contributed by atoms with Crippen LogP contribution in [0.25, 0.3) is 0 Å². The SMILES string of the molecule is Fc1[c]c(OCCCCCCBr)ccc1. The third-order valence-electron chi connectivity index (χ3n) is 2.02. The second-order valence-corrected chi connectivity index (χ2v) is 4.11. The van der Waals surface area contributed by atoms with Gasteiger partial charge in [0.2, 0.25) is 0 Å². The van der Waals surface area contributed by atoms with Crippen molar-refractivity contribution in [3.8, 4) is 5.75 Å². The van der Waals surface area contributed by atoms with Crippen LogP contribution in [0.4, 0.5) is 4.39 Å². The molecule has 0 atom stereocenters. The molecule has 0 unspecified atom stereocenters. The molecule has 1 radical (unpaired) electrons. The third-order valence-corrected chi connectivity index (χ3v) is 2.58. The largest absolute Gasteiger partial charge is 0.493 e. The van der Waals surface area contributed by atoms with E-state index in [1.54, 1.807) is 12.1 Å². The predicted octanol–water partition coefficient (Wildman–Crippen LogP) is 3.96. The van der Waals surface area contributed by atoms with E-state index in [-0.39, 0.29) is 5.82 Å². The molecule has 1 nitrogen and oxygen atoms in total. The summed E-state index contributed by atoms with van der Waals surface area (Å²) >= 11 is 3.39. The molecule has 0 bridgehead atoms. The van der Waals surface area contributed by atoms with Gasteiger partial charge in [-0.2, -0.15) is 0 Å². The van der Waals surface area contributed by atoms with Gasteiger partial charge in [0.15, 0.2) is 0 Å². The molecule has 0 saturated heterocycles. The van der Waals surface area contributed by atoms with Gasteiger partial charge in [-0.1, -0.05) is 34.8 Å². The first-order chi connectivity index (χ1) is 7.33. The summed E-state index contributed by atoms with van der Waals surface area (Å²) in [5, 5.41) is 1.06. The second-order valence-electron chi connectivity index (χ2n) is 3.31. The summed E-state index contributed by atoms with van der Waals surface area (Å²) < 4.78 is 18.1. The summed E-state index contributed by atoms with van der Waals surface area (Å²) in [6, 6.07) is 7.23. The zero-order valence-corrected chi connectivity index (χ0v) is 10.2. The third kappa shape index (κ3) is 5.78. The van der Waals surface area contributed by atoms with Crippen molar-refractivity contribution in [2.75, 3.05) is 11.9 Å². The lowest BCUT2D eigenvalue weighted by Crippen LogP contribution is -1.97. The molecule has 0 fully saturated rings. The minimum atomic E-state index is -0.369. The van der Waals surface area contributed by atoms with Crippen LogP contribution in [0.1, 0.15) is 25.7 Å².